The van der Waals surface area contributed by atoms with E-state index in [-0.39, 0.29) is 6.10 Å². The van der Waals surface area contributed by atoms with Crippen LogP contribution in [0.3, 0.4) is 0 Å². The van der Waals surface area contributed by atoms with E-state index < -0.39 is 0 Å². The standard InChI is InChI=1S/C27H31NOS2/c1-4-11-23(12-5-1)13-10-19-28-21-30-26(31-22-28)18-20-29-27(24-14-6-2-7-15-24)25-16-8-3-9-17-25/h1-9,11-12,14-17,26-27H,10,13,18-22H2. The molecular formula is C27H31NOS2. The Kier molecular flexibility index (Phi) is 8.95. The Labute approximate surface area is 195 Å². The molecule has 0 spiro atoms. The van der Waals surface area contributed by atoms with Crippen molar-refractivity contribution in [1.29, 1.82) is 0 Å². The van der Waals surface area contributed by atoms with Crippen LogP contribution in [0.2, 0.25) is 0 Å². The first-order valence-corrected chi connectivity index (χ1v) is 13.2. The van der Waals surface area contributed by atoms with E-state index in [1.807, 2.05) is 0 Å². The summed E-state index contributed by atoms with van der Waals surface area (Å²) in [4.78, 5) is 2.58. The summed E-state index contributed by atoms with van der Waals surface area (Å²) in [6.45, 7) is 1.97. The molecule has 3 aromatic rings. The quantitative estimate of drug-likeness (QED) is 0.336. The van der Waals surface area contributed by atoms with E-state index in [1.54, 1.807) is 0 Å². The summed E-state index contributed by atoms with van der Waals surface area (Å²) in [5, 5.41) is 0. The number of ether oxygens (including phenoxy) is 1. The van der Waals surface area contributed by atoms with Gasteiger partial charge in [0.15, 0.2) is 0 Å². The smallest absolute Gasteiger partial charge is 0.108 e. The van der Waals surface area contributed by atoms with Crippen LogP contribution in [-0.4, -0.2) is 34.4 Å². The third-order valence-electron chi connectivity index (χ3n) is 5.51. The summed E-state index contributed by atoms with van der Waals surface area (Å²) < 4.78 is 7.04. The van der Waals surface area contributed by atoms with Gasteiger partial charge in [0.05, 0.1) is 4.58 Å². The first-order valence-electron chi connectivity index (χ1n) is 11.1. The molecule has 4 rings (SSSR count). The molecule has 0 radical (unpaired) electrons. The molecule has 1 aliphatic rings. The van der Waals surface area contributed by atoms with Crippen LogP contribution in [-0.2, 0) is 11.2 Å². The summed E-state index contributed by atoms with van der Waals surface area (Å²) in [5.41, 5.74) is 3.89. The van der Waals surface area contributed by atoms with Crippen molar-refractivity contribution in [3.63, 3.8) is 0 Å². The van der Waals surface area contributed by atoms with Crippen molar-refractivity contribution < 1.29 is 4.74 Å². The van der Waals surface area contributed by atoms with E-state index in [2.05, 4.69) is 119 Å². The van der Waals surface area contributed by atoms with Crippen molar-refractivity contribution in [2.24, 2.45) is 0 Å². The molecule has 0 saturated carbocycles. The van der Waals surface area contributed by atoms with Crippen molar-refractivity contribution in [2.45, 2.75) is 29.9 Å². The molecule has 0 amide bonds. The molecule has 0 bridgehead atoms. The molecule has 1 fully saturated rings. The van der Waals surface area contributed by atoms with E-state index in [1.165, 1.54) is 36.1 Å². The van der Waals surface area contributed by atoms with Gasteiger partial charge in [0.2, 0.25) is 0 Å². The van der Waals surface area contributed by atoms with Crippen LogP contribution in [0.15, 0.2) is 91.0 Å². The SMILES string of the molecule is c1ccc(CCCN2CSC(CCOC(c3ccccc3)c3ccccc3)SC2)cc1. The Morgan fingerprint density at radius 2 is 1.32 bits per heavy atom. The van der Waals surface area contributed by atoms with Crippen molar-refractivity contribution in [3.8, 4) is 0 Å². The van der Waals surface area contributed by atoms with Gasteiger partial charge in [-0.2, -0.15) is 0 Å². The average molecular weight is 450 g/mol. The number of aryl methyl sites for hydroxylation is 1. The van der Waals surface area contributed by atoms with E-state index in [9.17, 15) is 0 Å². The van der Waals surface area contributed by atoms with E-state index >= 15 is 0 Å². The molecule has 2 nitrogen and oxygen atoms in total. The van der Waals surface area contributed by atoms with Gasteiger partial charge in [0.25, 0.3) is 0 Å². The lowest BCUT2D eigenvalue weighted by molar-refractivity contribution is 0.0802. The highest BCUT2D eigenvalue weighted by Gasteiger charge is 2.21. The Morgan fingerprint density at radius 3 is 1.90 bits per heavy atom. The maximum Gasteiger partial charge on any atom is 0.108 e. The van der Waals surface area contributed by atoms with Gasteiger partial charge in [-0.1, -0.05) is 91.0 Å². The average Bonchev–Trinajstić information content (AvgIpc) is 2.85. The Hall–Kier alpha value is -1.72. The van der Waals surface area contributed by atoms with Crippen LogP contribution in [0.5, 0.6) is 0 Å². The molecule has 0 N–H and O–H groups in total. The molecule has 162 valence electrons. The highest BCUT2D eigenvalue weighted by atomic mass is 32.2. The predicted octanol–water partition coefficient (Wildman–Crippen LogP) is 6.84. The number of hydrogen-bond acceptors (Lipinski definition) is 4. The second-order valence-corrected chi connectivity index (χ2v) is 10.5. The van der Waals surface area contributed by atoms with Gasteiger partial charge in [-0.3, -0.25) is 4.90 Å². The van der Waals surface area contributed by atoms with Crippen molar-refractivity contribution in [3.05, 3.63) is 108 Å². The predicted molar refractivity (Wildman–Crippen MR) is 135 cm³/mol. The summed E-state index contributed by atoms with van der Waals surface area (Å²) in [7, 11) is 0. The maximum absolute atomic E-state index is 6.42. The fourth-order valence-corrected chi connectivity index (χ4v) is 6.42. The van der Waals surface area contributed by atoms with E-state index in [4.69, 9.17) is 4.74 Å². The number of nitrogens with zero attached hydrogens (tertiary/aromatic N) is 1. The minimum Gasteiger partial charge on any atom is -0.369 e. The molecule has 0 aliphatic carbocycles. The van der Waals surface area contributed by atoms with Gasteiger partial charge in [-0.15, -0.1) is 23.5 Å². The van der Waals surface area contributed by atoms with Gasteiger partial charge in [-0.05, 0) is 36.0 Å². The van der Waals surface area contributed by atoms with Crippen LogP contribution in [0.4, 0.5) is 0 Å². The van der Waals surface area contributed by atoms with Crippen LogP contribution in [0.1, 0.15) is 35.6 Å². The second-order valence-electron chi connectivity index (χ2n) is 7.87. The lowest BCUT2D eigenvalue weighted by Crippen LogP contribution is -2.30. The van der Waals surface area contributed by atoms with Crippen molar-refractivity contribution in [1.82, 2.24) is 4.90 Å². The van der Waals surface area contributed by atoms with Gasteiger partial charge < -0.3 is 4.74 Å². The summed E-state index contributed by atoms with van der Waals surface area (Å²) in [5.74, 6) is 2.26. The topological polar surface area (TPSA) is 12.5 Å². The number of benzene rings is 3. The van der Waals surface area contributed by atoms with E-state index in [0.717, 1.165) is 24.8 Å². The van der Waals surface area contributed by atoms with Gasteiger partial charge in [0, 0.05) is 24.9 Å². The van der Waals surface area contributed by atoms with Crippen LogP contribution in [0.25, 0.3) is 0 Å². The van der Waals surface area contributed by atoms with Crippen molar-refractivity contribution in [2.75, 3.05) is 24.9 Å². The first kappa shape index (κ1) is 22.5. The zero-order valence-electron chi connectivity index (χ0n) is 17.9. The monoisotopic (exact) mass is 449 g/mol. The molecule has 0 unspecified atom stereocenters. The van der Waals surface area contributed by atoms with E-state index in [0.29, 0.717) is 4.58 Å². The Morgan fingerprint density at radius 1 is 0.774 bits per heavy atom. The highest BCUT2D eigenvalue weighted by molar-refractivity contribution is 8.17. The molecule has 4 heteroatoms. The first-order chi connectivity index (χ1) is 15.4. The Balaban J connectivity index is 1.19. The third-order valence-corrected chi connectivity index (χ3v) is 8.57. The van der Waals surface area contributed by atoms with Gasteiger partial charge >= 0.3 is 0 Å². The third kappa shape index (κ3) is 7.15. The molecule has 31 heavy (non-hydrogen) atoms. The summed E-state index contributed by atoms with van der Waals surface area (Å²) in [6, 6.07) is 32.0. The fourth-order valence-electron chi connectivity index (χ4n) is 3.83. The zero-order chi connectivity index (χ0) is 21.1. The minimum absolute atomic E-state index is 0.00970. The molecule has 1 aliphatic heterocycles. The number of rotatable bonds is 10. The zero-order valence-corrected chi connectivity index (χ0v) is 19.6. The van der Waals surface area contributed by atoms with Crippen molar-refractivity contribution >= 4 is 23.5 Å². The molecule has 1 heterocycles. The number of hydrogen-bond donors (Lipinski definition) is 0. The van der Waals surface area contributed by atoms with Gasteiger partial charge in [-0.25, -0.2) is 0 Å². The van der Waals surface area contributed by atoms with Crippen LogP contribution >= 0.6 is 23.5 Å². The normalized spacial score (nSPS) is 15.4. The lowest BCUT2D eigenvalue weighted by Gasteiger charge is -2.31. The molecular weight excluding hydrogens is 418 g/mol. The lowest BCUT2D eigenvalue weighted by atomic mass is 10.0. The van der Waals surface area contributed by atoms with Gasteiger partial charge in [0.1, 0.15) is 6.10 Å². The summed E-state index contributed by atoms with van der Waals surface area (Å²) >= 11 is 4.14. The fraction of sp³-hybridized carbons (Fsp3) is 0.333. The number of thioether (sulfide) groups is 2. The largest absolute Gasteiger partial charge is 0.369 e. The molecule has 0 atom stereocenters. The van der Waals surface area contributed by atoms with Crippen LogP contribution < -0.4 is 0 Å². The maximum atomic E-state index is 6.42. The molecule has 3 aromatic carbocycles. The minimum atomic E-state index is 0.00970. The van der Waals surface area contributed by atoms with Crippen LogP contribution in [0, 0.1) is 0 Å². The highest BCUT2D eigenvalue weighted by Crippen LogP contribution is 2.34. The molecule has 0 aromatic heterocycles. The molecule has 1 saturated heterocycles. The summed E-state index contributed by atoms with van der Waals surface area (Å²) in [6.07, 6.45) is 3.50. The Bertz CT molecular complexity index is 828. The second kappa shape index (κ2) is 12.4.